The zero-order valence-electron chi connectivity index (χ0n) is 13.1. The molecular formula is C18H16Cl2N2O2. The topological polar surface area (TPSA) is 49.4 Å². The molecule has 0 radical (unpaired) electrons. The molecule has 1 fully saturated rings. The lowest BCUT2D eigenvalue weighted by Crippen LogP contribution is -2.28. The Kier molecular flexibility index (Phi) is 4.78. The normalized spacial score (nSPS) is 17.2. The summed E-state index contributed by atoms with van der Waals surface area (Å²) in [6.45, 7) is 2.33. The number of benzene rings is 2. The summed E-state index contributed by atoms with van der Waals surface area (Å²) in [5.74, 6) is -0.669. The van der Waals surface area contributed by atoms with Gasteiger partial charge in [0, 0.05) is 34.4 Å². The van der Waals surface area contributed by atoms with Crippen molar-refractivity contribution < 1.29 is 9.59 Å². The Labute approximate surface area is 150 Å². The van der Waals surface area contributed by atoms with E-state index in [2.05, 4.69) is 5.32 Å². The highest BCUT2D eigenvalue weighted by atomic mass is 35.5. The van der Waals surface area contributed by atoms with E-state index in [9.17, 15) is 9.59 Å². The van der Waals surface area contributed by atoms with Crippen LogP contribution in [0.25, 0.3) is 0 Å². The van der Waals surface area contributed by atoms with E-state index < -0.39 is 5.92 Å². The minimum atomic E-state index is -0.407. The molecule has 1 aliphatic heterocycles. The van der Waals surface area contributed by atoms with Crippen LogP contribution in [0, 0.1) is 12.8 Å². The van der Waals surface area contributed by atoms with Crippen molar-refractivity contribution in [3.05, 3.63) is 58.1 Å². The molecule has 0 aromatic heterocycles. The maximum atomic E-state index is 12.5. The molecule has 1 saturated heterocycles. The fourth-order valence-corrected chi connectivity index (χ4v) is 3.32. The summed E-state index contributed by atoms with van der Waals surface area (Å²) >= 11 is 11.9. The van der Waals surface area contributed by atoms with Crippen molar-refractivity contribution in [2.75, 3.05) is 16.8 Å². The summed E-state index contributed by atoms with van der Waals surface area (Å²) in [5, 5.41) is 3.67. The Morgan fingerprint density at radius 1 is 1.17 bits per heavy atom. The zero-order valence-corrected chi connectivity index (χ0v) is 14.6. The van der Waals surface area contributed by atoms with Crippen LogP contribution in [0.15, 0.2) is 42.5 Å². The van der Waals surface area contributed by atoms with Crippen LogP contribution >= 0.6 is 23.2 Å². The summed E-state index contributed by atoms with van der Waals surface area (Å²) in [7, 11) is 0. The predicted octanol–water partition coefficient (Wildman–Crippen LogP) is 4.29. The Balaban J connectivity index is 1.72. The van der Waals surface area contributed by atoms with Crippen LogP contribution in [0.5, 0.6) is 0 Å². The van der Waals surface area contributed by atoms with Crippen molar-refractivity contribution in [2.24, 2.45) is 5.92 Å². The first-order chi connectivity index (χ1) is 11.4. The number of halogens is 2. The second-order valence-corrected chi connectivity index (χ2v) is 6.76. The van der Waals surface area contributed by atoms with Crippen LogP contribution in [0.3, 0.4) is 0 Å². The van der Waals surface area contributed by atoms with E-state index >= 15 is 0 Å². The number of carbonyl (C=O) groups is 2. The molecule has 0 saturated carbocycles. The second-order valence-electron chi connectivity index (χ2n) is 5.89. The number of hydrogen-bond acceptors (Lipinski definition) is 2. The first-order valence-electron chi connectivity index (χ1n) is 7.56. The van der Waals surface area contributed by atoms with Gasteiger partial charge >= 0.3 is 0 Å². The number of rotatable bonds is 3. The van der Waals surface area contributed by atoms with Gasteiger partial charge in [-0.25, -0.2) is 0 Å². The average molecular weight is 363 g/mol. The molecule has 3 rings (SSSR count). The molecule has 6 heteroatoms. The van der Waals surface area contributed by atoms with Gasteiger partial charge in [0.05, 0.1) is 5.92 Å². The third-order valence-corrected chi connectivity index (χ3v) is 4.38. The van der Waals surface area contributed by atoms with Crippen molar-refractivity contribution in [2.45, 2.75) is 13.3 Å². The molecule has 124 valence electrons. The number of nitrogens with zero attached hydrogens (tertiary/aromatic N) is 1. The number of hydrogen-bond donors (Lipinski definition) is 1. The molecule has 0 bridgehead atoms. The highest BCUT2D eigenvalue weighted by Gasteiger charge is 2.35. The summed E-state index contributed by atoms with van der Waals surface area (Å²) in [6.07, 6.45) is 0.189. The molecule has 1 atom stereocenters. The first kappa shape index (κ1) is 16.8. The molecule has 1 N–H and O–H groups in total. The highest BCUT2D eigenvalue weighted by molar-refractivity contribution is 6.35. The summed E-state index contributed by atoms with van der Waals surface area (Å²) in [5.41, 5.74) is 2.42. The van der Waals surface area contributed by atoms with Gasteiger partial charge in [-0.15, -0.1) is 0 Å². The van der Waals surface area contributed by atoms with E-state index in [0.717, 1.165) is 11.3 Å². The van der Waals surface area contributed by atoms with Crippen LogP contribution in [0.2, 0.25) is 10.0 Å². The maximum absolute atomic E-state index is 12.5. The van der Waals surface area contributed by atoms with Crippen molar-refractivity contribution >= 4 is 46.4 Å². The molecule has 0 unspecified atom stereocenters. The SMILES string of the molecule is Cc1cccc(N2C[C@@H](C(=O)Nc3cc(Cl)cc(Cl)c3)CC2=O)c1. The van der Waals surface area contributed by atoms with E-state index in [4.69, 9.17) is 23.2 Å². The van der Waals surface area contributed by atoms with Crippen LogP contribution in [0.1, 0.15) is 12.0 Å². The van der Waals surface area contributed by atoms with Gasteiger partial charge in [0.25, 0.3) is 0 Å². The lowest BCUT2D eigenvalue weighted by Gasteiger charge is -2.17. The van der Waals surface area contributed by atoms with E-state index in [-0.39, 0.29) is 18.2 Å². The molecule has 2 aromatic carbocycles. The van der Waals surface area contributed by atoms with Gasteiger partial charge < -0.3 is 10.2 Å². The van der Waals surface area contributed by atoms with Crippen LogP contribution in [-0.4, -0.2) is 18.4 Å². The summed E-state index contributed by atoms with van der Waals surface area (Å²) < 4.78 is 0. The monoisotopic (exact) mass is 362 g/mol. The van der Waals surface area contributed by atoms with E-state index in [1.165, 1.54) is 0 Å². The van der Waals surface area contributed by atoms with Crippen molar-refractivity contribution in [3.63, 3.8) is 0 Å². The molecule has 2 aromatic rings. The standard InChI is InChI=1S/C18H16Cl2N2O2/c1-11-3-2-4-16(5-11)22-10-12(6-17(22)23)18(24)21-15-8-13(19)7-14(20)9-15/h2-5,7-9,12H,6,10H2,1H3,(H,21,24)/t12-/m0/s1. The fraction of sp³-hybridized carbons (Fsp3) is 0.222. The largest absolute Gasteiger partial charge is 0.326 e. The predicted molar refractivity (Wildman–Crippen MR) is 96.7 cm³/mol. The molecule has 1 aliphatic rings. The molecule has 4 nitrogen and oxygen atoms in total. The molecular weight excluding hydrogens is 347 g/mol. The molecule has 2 amide bonds. The number of aryl methyl sites for hydroxylation is 1. The smallest absolute Gasteiger partial charge is 0.229 e. The number of amides is 2. The minimum Gasteiger partial charge on any atom is -0.326 e. The van der Waals surface area contributed by atoms with Crippen LogP contribution < -0.4 is 10.2 Å². The minimum absolute atomic E-state index is 0.0510. The van der Waals surface area contributed by atoms with E-state index in [1.54, 1.807) is 23.1 Å². The van der Waals surface area contributed by atoms with E-state index in [1.807, 2.05) is 31.2 Å². The number of anilines is 2. The Morgan fingerprint density at radius 3 is 2.54 bits per heavy atom. The quantitative estimate of drug-likeness (QED) is 0.884. The zero-order chi connectivity index (χ0) is 17.3. The third kappa shape index (κ3) is 3.71. The molecule has 0 aliphatic carbocycles. The average Bonchev–Trinajstić information content (AvgIpc) is 2.88. The van der Waals surface area contributed by atoms with Crippen LogP contribution in [0.4, 0.5) is 11.4 Å². The van der Waals surface area contributed by atoms with Gasteiger partial charge in [0.1, 0.15) is 0 Å². The molecule has 24 heavy (non-hydrogen) atoms. The lowest BCUT2D eigenvalue weighted by molar-refractivity contribution is -0.122. The lowest BCUT2D eigenvalue weighted by atomic mass is 10.1. The van der Waals surface area contributed by atoms with Gasteiger partial charge in [0.2, 0.25) is 11.8 Å². The van der Waals surface area contributed by atoms with Crippen LogP contribution in [-0.2, 0) is 9.59 Å². The molecule has 1 heterocycles. The first-order valence-corrected chi connectivity index (χ1v) is 8.32. The van der Waals surface area contributed by atoms with Gasteiger partial charge in [0.15, 0.2) is 0 Å². The third-order valence-electron chi connectivity index (χ3n) is 3.94. The Hall–Kier alpha value is -2.04. The molecule has 0 spiro atoms. The van der Waals surface area contributed by atoms with Crippen molar-refractivity contribution in [1.82, 2.24) is 0 Å². The van der Waals surface area contributed by atoms with Crippen molar-refractivity contribution in [1.29, 1.82) is 0 Å². The van der Waals surface area contributed by atoms with Crippen molar-refractivity contribution in [3.8, 4) is 0 Å². The highest BCUT2D eigenvalue weighted by Crippen LogP contribution is 2.28. The Morgan fingerprint density at radius 2 is 1.88 bits per heavy atom. The summed E-state index contributed by atoms with van der Waals surface area (Å²) in [4.78, 5) is 26.4. The van der Waals surface area contributed by atoms with Gasteiger partial charge in [-0.05, 0) is 42.8 Å². The fourth-order valence-electron chi connectivity index (χ4n) is 2.80. The number of nitrogens with one attached hydrogen (secondary N) is 1. The van der Waals surface area contributed by atoms with E-state index in [0.29, 0.717) is 22.3 Å². The van der Waals surface area contributed by atoms with Gasteiger partial charge in [-0.2, -0.15) is 0 Å². The summed E-state index contributed by atoms with van der Waals surface area (Å²) in [6, 6.07) is 12.5. The Bertz CT molecular complexity index is 787. The van der Waals surface area contributed by atoms with Gasteiger partial charge in [-0.1, -0.05) is 35.3 Å². The number of carbonyl (C=O) groups excluding carboxylic acids is 2. The van der Waals surface area contributed by atoms with Gasteiger partial charge in [-0.3, -0.25) is 9.59 Å². The second kappa shape index (κ2) is 6.83. The maximum Gasteiger partial charge on any atom is 0.229 e.